The number of anilines is 2. The monoisotopic (exact) mass is 649 g/mol. The Bertz CT molecular complexity index is 1580. The van der Waals surface area contributed by atoms with Crippen LogP contribution in [0.4, 0.5) is 16.3 Å². The Labute approximate surface area is 273 Å². The third kappa shape index (κ3) is 6.48. The molecule has 0 saturated carbocycles. The fraction of sp³-hybridized carbons (Fsp3) is 0.562. The number of amides is 4. The average Bonchev–Trinajstić information content (AvgIpc) is 3.57. The number of H-pyrrole nitrogens is 2. The molecule has 4 aliphatic heterocycles. The topological polar surface area (TPSA) is 144 Å². The van der Waals surface area contributed by atoms with E-state index in [1.807, 2.05) is 39.0 Å². The van der Waals surface area contributed by atoms with Crippen LogP contribution in [0.25, 0.3) is 11.2 Å². The molecule has 4 aliphatic rings. The number of nitrogens with zero attached hydrogens (tertiary/aromatic N) is 6. The van der Waals surface area contributed by atoms with E-state index in [-0.39, 0.29) is 35.6 Å². The Morgan fingerprint density at radius 2 is 1.67 bits per heavy atom. The van der Waals surface area contributed by atoms with Gasteiger partial charge in [-0.25, -0.2) is 9.78 Å². The van der Waals surface area contributed by atoms with Crippen molar-refractivity contribution in [3.05, 3.63) is 41.4 Å². The average molecular weight is 650 g/mol. The Kier molecular flexibility index (Phi) is 8.94. The molecule has 2 aromatic heterocycles. The molecule has 0 radical (unpaired) electrons. The van der Waals surface area contributed by atoms with Gasteiger partial charge < -0.3 is 30.2 Å². The van der Waals surface area contributed by atoms with Crippen LogP contribution in [0.15, 0.2) is 30.6 Å². The number of rotatable bonds is 7. The predicted molar refractivity (Wildman–Crippen MR) is 173 cm³/mol. The molecular weight excluding hydrogens is 608 g/mol. The standard InChI is InChI=1S/C32H41ClN10O3/c33-31-38-28-27(34-20-35-28)29(39-31)36-25(30(45)42-16-8-22(9-17-42)40-12-4-1-5-13-40)18-26(44)41-14-10-23(11-15-41)43-19-21-6-2-3-7-24(21)37-32(43)46/h2-3,6-7,20,22-23,25H,1,4-5,8-19H2,(H,37,46)(H2,34,35,36,38,39)/p+1/t25-/m0/s1. The van der Waals surface area contributed by atoms with Crippen LogP contribution in [-0.2, 0) is 16.1 Å². The van der Waals surface area contributed by atoms with E-state index in [4.69, 9.17) is 11.6 Å². The lowest BCUT2D eigenvalue weighted by molar-refractivity contribution is -0.347. The lowest BCUT2D eigenvalue weighted by atomic mass is 9.98. The molecular formula is C32H42ClN10O3+. The van der Waals surface area contributed by atoms with Crippen LogP contribution in [0.3, 0.4) is 0 Å². The minimum absolute atomic E-state index is 0.0132. The summed E-state index contributed by atoms with van der Waals surface area (Å²) in [4.78, 5) is 63.6. The molecule has 14 heteroatoms. The highest BCUT2D eigenvalue weighted by Gasteiger charge is 2.36. The second-order valence-electron chi connectivity index (χ2n) is 12.9. The quantitative estimate of drug-likeness (QED) is 0.334. The molecule has 0 unspecified atom stereocenters. The van der Waals surface area contributed by atoms with Crippen LogP contribution in [-0.4, -0.2) is 110 Å². The van der Waals surface area contributed by atoms with Gasteiger partial charge in [-0.3, -0.25) is 14.6 Å². The summed E-state index contributed by atoms with van der Waals surface area (Å²) in [7, 11) is 0. The number of hydrogen-bond donors (Lipinski definition) is 3. The van der Waals surface area contributed by atoms with Crippen molar-refractivity contribution in [2.75, 3.05) is 49.9 Å². The first-order chi connectivity index (χ1) is 22.4. The zero-order chi connectivity index (χ0) is 31.6. The second kappa shape index (κ2) is 13.4. The van der Waals surface area contributed by atoms with Crippen molar-refractivity contribution in [1.29, 1.82) is 0 Å². The molecule has 46 heavy (non-hydrogen) atoms. The summed E-state index contributed by atoms with van der Waals surface area (Å²) in [5.74, 6) is 0.165. The van der Waals surface area contributed by atoms with E-state index in [1.165, 1.54) is 19.3 Å². The zero-order valence-electron chi connectivity index (χ0n) is 26.0. The normalized spacial score (nSPS) is 20.8. The number of fused-ring (bicyclic) bond motifs is 2. The van der Waals surface area contributed by atoms with Crippen LogP contribution in [0, 0.1) is 0 Å². The SMILES string of the molecule is O=C(C[C@H](Nc1nc(Cl)nc2[nH+]c[nH]c12)C(=O)N1CCC(N2CCCCC2)CC1)N1CCC(N2Cc3ccccc3NC2=O)CC1. The number of carbonyl (C=O) groups excluding carboxylic acids is 3. The van der Waals surface area contributed by atoms with Crippen molar-refractivity contribution < 1.29 is 19.4 Å². The molecule has 13 nitrogen and oxygen atoms in total. The number of hydrogen-bond acceptors (Lipinski definition) is 7. The van der Waals surface area contributed by atoms with Crippen LogP contribution in [0.2, 0.25) is 5.28 Å². The molecule has 4 amide bonds. The van der Waals surface area contributed by atoms with E-state index in [2.05, 4.69) is 35.5 Å². The fourth-order valence-electron chi connectivity index (χ4n) is 7.52. The minimum atomic E-state index is -0.821. The van der Waals surface area contributed by atoms with Crippen LogP contribution >= 0.6 is 11.6 Å². The molecule has 3 saturated heterocycles. The Hall–Kier alpha value is -3.97. The molecule has 3 fully saturated rings. The third-order valence-corrected chi connectivity index (χ3v) is 10.3. The number of para-hydroxylation sites is 1. The highest BCUT2D eigenvalue weighted by atomic mass is 35.5. The first-order valence-corrected chi connectivity index (χ1v) is 17.0. The highest BCUT2D eigenvalue weighted by molar-refractivity contribution is 6.28. The van der Waals surface area contributed by atoms with E-state index in [1.54, 1.807) is 6.33 Å². The maximum atomic E-state index is 14.1. The van der Waals surface area contributed by atoms with Gasteiger partial charge in [0.2, 0.25) is 17.3 Å². The van der Waals surface area contributed by atoms with E-state index in [9.17, 15) is 14.4 Å². The molecule has 4 N–H and O–H groups in total. The number of aromatic amines is 2. The van der Waals surface area contributed by atoms with Crippen molar-refractivity contribution >= 4 is 52.1 Å². The third-order valence-electron chi connectivity index (χ3n) is 10.1. The first-order valence-electron chi connectivity index (χ1n) is 16.6. The lowest BCUT2D eigenvalue weighted by Gasteiger charge is -2.41. The van der Waals surface area contributed by atoms with Crippen molar-refractivity contribution in [3.63, 3.8) is 0 Å². The first kappa shape index (κ1) is 30.7. The van der Waals surface area contributed by atoms with Gasteiger partial charge in [0, 0.05) is 50.5 Å². The van der Waals surface area contributed by atoms with Crippen LogP contribution in [0.1, 0.15) is 56.9 Å². The van der Waals surface area contributed by atoms with Gasteiger partial charge in [-0.05, 0) is 74.8 Å². The van der Waals surface area contributed by atoms with Gasteiger partial charge >= 0.3 is 17.0 Å². The number of benzene rings is 1. The van der Waals surface area contributed by atoms with Crippen LogP contribution in [0.5, 0.6) is 0 Å². The van der Waals surface area contributed by atoms with Crippen LogP contribution < -0.4 is 15.6 Å². The number of nitrogens with one attached hydrogen (secondary N) is 4. The number of piperidine rings is 3. The van der Waals surface area contributed by atoms with Gasteiger partial charge in [-0.2, -0.15) is 4.98 Å². The lowest BCUT2D eigenvalue weighted by Crippen LogP contribution is -2.53. The van der Waals surface area contributed by atoms with Gasteiger partial charge in [0.05, 0.1) is 6.42 Å². The summed E-state index contributed by atoms with van der Waals surface area (Å²) in [6, 6.07) is 7.47. The molecule has 0 aliphatic carbocycles. The van der Waals surface area contributed by atoms with Gasteiger partial charge in [0.1, 0.15) is 6.04 Å². The number of carbonyl (C=O) groups is 3. The fourth-order valence-corrected chi connectivity index (χ4v) is 7.69. The molecule has 3 aromatic rings. The maximum Gasteiger partial charge on any atom is 0.322 e. The van der Waals surface area contributed by atoms with Crippen molar-refractivity contribution in [2.24, 2.45) is 0 Å². The number of aromatic nitrogens is 4. The Morgan fingerprint density at radius 3 is 2.46 bits per heavy atom. The summed E-state index contributed by atoms with van der Waals surface area (Å²) in [6.07, 6.45) is 8.63. The molecule has 1 atom stereocenters. The molecule has 0 bridgehead atoms. The summed E-state index contributed by atoms with van der Waals surface area (Å²) >= 11 is 6.22. The summed E-state index contributed by atoms with van der Waals surface area (Å²) < 4.78 is 0. The Morgan fingerprint density at radius 1 is 0.957 bits per heavy atom. The number of imidazole rings is 1. The van der Waals surface area contributed by atoms with E-state index >= 15 is 0 Å². The number of likely N-dealkylation sites (tertiary alicyclic amines) is 3. The number of halogens is 1. The molecule has 0 spiro atoms. The van der Waals surface area contributed by atoms with Gasteiger partial charge in [-0.1, -0.05) is 29.6 Å². The summed E-state index contributed by atoms with van der Waals surface area (Å²) in [5, 5.41) is 6.31. The molecule has 244 valence electrons. The van der Waals surface area contributed by atoms with Gasteiger partial charge in [-0.15, -0.1) is 0 Å². The van der Waals surface area contributed by atoms with Gasteiger partial charge in [0.25, 0.3) is 0 Å². The van der Waals surface area contributed by atoms with Crippen molar-refractivity contribution in [3.8, 4) is 0 Å². The Balaban J connectivity index is 1.02. The molecule has 6 heterocycles. The van der Waals surface area contributed by atoms with Crippen molar-refractivity contribution in [1.82, 2.24) is 34.6 Å². The largest absolute Gasteiger partial charge is 0.355 e. The second-order valence-corrected chi connectivity index (χ2v) is 13.2. The summed E-state index contributed by atoms with van der Waals surface area (Å²) in [5.41, 5.74) is 3.04. The zero-order valence-corrected chi connectivity index (χ0v) is 26.8. The highest BCUT2D eigenvalue weighted by Crippen LogP contribution is 2.29. The van der Waals surface area contributed by atoms with E-state index < -0.39 is 6.04 Å². The molecule has 1 aromatic carbocycles. The predicted octanol–water partition coefficient (Wildman–Crippen LogP) is 3.11. The smallest absolute Gasteiger partial charge is 0.322 e. The number of urea groups is 1. The summed E-state index contributed by atoms with van der Waals surface area (Å²) in [6.45, 7) is 5.20. The van der Waals surface area contributed by atoms with Crippen molar-refractivity contribution in [2.45, 2.75) is 76.0 Å². The van der Waals surface area contributed by atoms with Gasteiger partial charge in [0.15, 0.2) is 12.1 Å². The minimum Gasteiger partial charge on any atom is -0.355 e. The maximum absolute atomic E-state index is 14.1. The van der Waals surface area contributed by atoms with E-state index in [0.717, 1.165) is 37.2 Å². The van der Waals surface area contributed by atoms with E-state index in [0.29, 0.717) is 68.6 Å². The molecule has 7 rings (SSSR count).